The number of nitrogens with one attached hydrogen (secondary N) is 2. The Bertz CT molecular complexity index is 208. The normalized spacial score (nSPS) is 23.2. The average molecular weight is 156 g/mol. The number of amides is 2. The van der Waals surface area contributed by atoms with Crippen LogP contribution in [0.3, 0.4) is 0 Å². The summed E-state index contributed by atoms with van der Waals surface area (Å²) in [4.78, 5) is 32.0. The molecule has 2 amide bonds. The topological polar surface area (TPSA) is 75.3 Å². The smallest absolute Gasteiger partial charge is 0.250 e. The van der Waals surface area contributed by atoms with E-state index >= 15 is 0 Å². The van der Waals surface area contributed by atoms with Crippen LogP contribution in [0.4, 0.5) is 0 Å². The van der Waals surface area contributed by atoms with Crippen molar-refractivity contribution in [2.75, 3.05) is 6.54 Å². The van der Waals surface area contributed by atoms with Crippen LogP contribution in [0.25, 0.3) is 0 Å². The zero-order chi connectivity index (χ0) is 8.43. The fourth-order valence-electron chi connectivity index (χ4n) is 0.874. The summed E-state index contributed by atoms with van der Waals surface area (Å²) in [6, 6.07) is -0.965. The van der Waals surface area contributed by atoms with Crippen LogP contribution in [0.2, 0.25) is 0 Å². The summed E-state index contributed by atoms with van der Waals surface area (Å²) < 4.78 is 0. The van der Waals surface area contributed by atoms with Crippen LogP contribution in [-0.4, -0.2) is 30.2 Å². The van der Waals surface area contributed by atoms with E-state index < -0.39 is 11.9 Å². The molecule has 0 aromatic rings. The van der Waals surface area contributed by atoms with Gasteiger partial charge in [0.15, 0.2) is 11.8 Å². The van der Waals surface area contributed by atoms with Crippen LogP contribution in [0.1, 0.15) is 6.92 Å². The second-order valence-corrected chi connectivity index (χ2v) is 2.32. The second-order valence-electron chi connectivity index (χ2n) is 2.32. The van der Waals surface area contributed by atoms with Gasteiger partial charge in [0.1, 0.15) is 0 Å². The van der Waals surface area contributed by atoms with Crippen molar-refractivity contribution in [2.45, 2.75) is 13.0 Å². The lowest BCUT2D eigenvalue weighted by molar-refractivity contribution is -0.130. The van der Waals surface area contributed by atoms with Crippen LogP contribution >= 0.6 is 0 Å². The molecule has 0 bridgehead atoms. The maximum absolute atomic E-state index is 10.8. The molecule has 1 aliphatic rings. The van der Waals surface area contributed by atoms with Gasteiger partial charge in [0, 0.05) is 6.92 Å². The monoisotopic (exact) mass is 156 g/mol. The summed E-state index contributed by atoms with van der Waals surface area (Å²) in [5, 5.41) is 4.56. The molecule has 60 valence electrons. The third-order valence-corrected chi connectivity index (χ3v) is 1.37. The van der Waals surface area contributed by atoms with E-state index in [9.17, 15) is 14.4 Å². The van der Waals surface area contributed by atoms with Gasteiger partial charge in [-0.2, -0.15) is 0 Å². The molecule has 0 radical (unpaired) electrons. The van der Waals surface area contributed by atoms with Gasteiger partial charge in [-0.1, -0.05) is 0 Å². The van der Waals surface area contributed by atoms with Crippen molar-refractivity contribution in [1.29, 1.82) is 0 Å². The van der Waals surface area contributed by atoms with Crippen molar-refractivity contribution >= 4 is 17.6 Å². The van der Waals surface area contributed by atoms with E-state index in [1.807, 2.05) is 0 Å². The Balaban J connectivity index is 2.62. The van der Waals surface area contributed by atoms with Crippen LogP contribution in [0.5, 0.6) is 0 Å². The molecule has 1 rings (SSSR count). The van der Waals surface area contributed by atoms with Crippen molar-refractivity contribution in [3.63, 3.8) is 0 Å². The summed E-state index contributed by atoms with van der Waals surface area (Å²) in [5.74, 6) is -1.09. The van der Waals surface area contributed by atoms with Crippen LogP contribution in [0.15, 0.2) is 0 Å². The molecular formula is C6H8N2O3. The van der Waals surface area contributed by atoms with E-state index in [1.54, 1.807) is 0 Å². The van der Waals surface area contributed by atoms with Gasteiger partial charge in [-0.15, -0.1) is 0 Å². The Morgan fingerprint density at radius 3 is 2.64 bits per heavy atom. The van der Waals surface area contributed by atoms with Crippen molar-refractivity contribution in [2.24, 2.45) is 0 Å². The largest absolute Gasteiger partial charge is 0.347 e. The molecule has 1 fully saturated rings. The molecule has 5 heteroatoms. The molecule has 0 aromatic carbocycles. The number of rotatable bonds is 1. The number of carbonyl (C=O) groups is 3. The molecule has 11 heavy (non-hydrogen) atoms. The number of hydrogen-bond acceptors (Lipinski definition) is 3. The number of Topliss-reactive ketones (excluding diaryl/α,β-unsaturated/α-hetero) is 1. The standard InChI is InChI=1S/C6H8N2O3/c1-3(9)8-5-4(10)2-7-6(5)11/h5H,2H2,1H3,(H,7,11)(H,8,9). The van der Waals surface area contributed by atoms with Gasteiger partial charge in [-0.25, -0.2) is 0 Å². The fourth-order valence-corrected chi connectivity index (χ4v) is 0.874. The van der Waals surface area contributed by atoms with Crippen molar-refractivity contribution < 1.29 is 14.4 Å². The molecule has 0 saturated carbocycles. The molecule has 0 aliphatic carbocycles. The minimum atomic E-state index is -0.965. The van der Waals surface area contributed by atoms with Crippen molar-refractivity contribution in [3.8, 4) is 0 Å². The zero-order valence-electron chi connectivity index (χ0n) is 6.01. The van der Waals surface area contributed by atoms with Gasteiger partial charge in [-0.3, -0.25) is 14.4 Å². The summed E-state index contributed by atoms with van der Waals surface area (Å²) in [6.07, 6.45) is 0. The van der Waals surface area contributed by atoms with Gasteiger partial charge in [0.25, 0.3) is 5.91 Å². The molecular weight excluding hydrogens is 148 g/mol. The molecule has 1 aliphatic heterocycles. The van der Waals surface area contributed by atoms with E-state index in [-0.39, 0.29) is 18.2 Å². The lowest BCUT2D eigenvalue weighted by Gasteiger charge is -2.04. The maximum atomic E-state index is 10.8. The Hall–Kier alpha value is -1.39. The predicted octanol–water partition coefficient (Wildman–Crippen LogP) is -1.81. The van der Waals surface area contributed by atoms with Gasteiger partial charge >= 0.3 is 0 Å². The first kappa shape index (κ1) is 7.71. The van der Waals surface area contributed by atoms with E-state index in [0.717, 1.165) is 0 Å². The lowest BCUT2D eigenvalue weighted by Crippen LogP contribution is -2.42. The summed E-state index contributed by atoms with van der Waals surface area (Å²) in [7, 11) is 0. The molecule has 1 heterocycles. The first-order chi connectivity index (χ1) is 5.11. The van der Waals surface area contributed by atoms with Crippen LogP contribution in [0, 0.1) is 0 Å². The summed E-state index contributed by atoms with van der Waals surface area (Å²) in [5.41, 5.74) is 0. The third-order valence-electron chi connectivity index (χ3n) is 1.37. The minimum absolute atomic E-state index is 0.0176. The first-order valence-electron chi connectivity index (χ1n) is 3.19. The van der Waals surface area contributed by atoms with E-state index in [0.29, 0.717) is 0 Å². The molecule has 0 aromatic heterocycles. The minimum Gasteiger partial charge on any atom is -0.347 e. The Morgan fingerprint density at radius 1 is 1.64 bits per heavy atom. The molecule has 0 spiro atoms. The van der Waals surface area contributed by atoms with Gasteiger partial charge in [-0.05, 0) is 0 Å². The van der Waals surface area contributed by atoms with Gasteiger partial charge in [0.05, 0.1) is 6.54 Å². The summed E-state index contributed by atoms with van der Waals surface area (Å²) >= 11 is 0. The van der Waals surface area contributed by atoms with Crippen molar-refractivity contribution in [1.82, 2.24) is 10.6 Å². The highest BCUT2D eigenvalue weighted by atomic mass is 16.2. The molecule has 1 saturated heterocycles. The molecule has 1 atom stereocenters. The van der Waals surface area contributed by atoms with E-state index in [2.05, 4.69) is 10.6 Å². The average Bonchev–Trinajstić information content (AvgIpc) is 2.18. The Kier molecular flexibility index (Phi) is 1.89. The van der Waals surface area contributed by atoms with Gasteiger partial charge < -0.3 is 10.6 Å². The summed E-state index contributed by atoms with van der Waals surface area (Å²) in [6.45, 7) is 1.28. The maximum Gasteiger partial charge on any atom is 0.250 e. The highest BCUT2D eigenvalue weighted by Crippen LogP contribution is 1.94. The first-order valence-corrected chi connectivity index (χ1v) is 3.19. The Labute approximate surface area is 63.1 Å². The third kappa shape index (κ3) is 1.54. The molecule has 2 N–H and O–H groups in total. The van der Waals surface area contributed by atoms with E-state index in [4.69, 9.17) is 0 Å². The highest BCUT2D eigenvalue weighted by molar-refractivity contribution is 6.13. The van der Waals surface area contributed by atoms with Gasteiger partial charge in [0.2, 0.25) is 5.91 Å². The zero-order valence-corrected chi connectivity index (χ0v) is 6.01. The van der Waals surface area contributed by atoms with Crippen LogP contribution < -0.4 is 10.6 Å². The lowest BCUT2D eigenvalue weighted by atomic mass is 10.2. The predicted molar refractivity (Wildman–Crippen MR) is 35.6 cm³/mol. The SMILES string of the molecule is CC(=O)NC1C(=O)CNC1=O. The van der Waals surface area contributed by atoms with Crippen LogP contribution in [-0.2, 0) is 14.4 Å². The molecule has 5 nitrogen and oxygen atoms in total. The van der Waals surface area contributed by atoms with E-state index in [1.165, 1.54) is 6.92 Å². The second kappa shape index (κ2) is 2.69. The number of carbonyl (C=O) groups excluding carboxylic acids is 3. The Morgan fingerprint density at radius 2 is 2.27 bits per heavy atom. The highest BCUT2D eigenvalue weighted by Gasteiger charge is 2.32. The molecule has 1 unspecified atom stereocenters. The van der Waals surface area contributed by atoms with Crippen molar-refractivity contribution in [3.05, 3.63) is 0 Å². The quantitative estimate of drug-likeness (QED) is 0.439. The number of ketones is 1. The number of hydrogen-bond donors (Lipinski definition) is 2. The fraction of sp³-hybridized carbons (Fsp3) is 0.500.